The molecule has 0 spiro atoms. The molecule has 0 saturated carbocycles. The van der Waals surface area contributed by atoms with E-state index in [4.69, 9.17) is 9.26 Å². The van der Waals surface area contributed by atoms with Crippen molar-refractivity contribution in [2.75, 3.05) is 27.2 Å². The van der Waals surface area contributed by atoms with Crippen molar-refractivity contribution in [1.82, 2.24) is 25.3 Å². The normalized spacial score (nSPS) is 20.3. The summed E-state index contributed by atoms with van der Waals surface area (Å²) in [4.78, 5) is 34.6. The molecule has 0 bridgehead atoms. The van der Waals surface area contributed by atoms with E-state index in [1.165, 1.54) is 18.4 Å². The van der Waals surface area contributed by atoms with Crippen molar-refractivity contribution >= 4 is 23.2 Å². The molecule has 2 atom stereocenters. The molecular weight excluding hydrogens is 334 g/mol. The summed E-state index contributed by atoms with van der Waals surface area (Å²) in [6.45, 7) is 0.827. The van der Waals surface area contributed by atoms with Crippen molar-refractivity contribution in [2.45, 2.75) is 12.5 Å². The van der Waals surface area contributed by atoms with E-state index in [0.717, 1.165) is 0 Å². The molecule has 3 rings (SSSR count). The van der Waals surface area contributed by atoms with Crippen LogP contribution in [0.1, 0.15) is 28.1 Å². The fraction of sp³-hybridized carbons (Fsp3) is 0.500. The number of likely N-dealkylation sites (tertiary alicyclic amines) is 1. The van der Waals surface area contributed by atoms with Gasteiger partial charge in [0.1, 0.15) is 12.3 Å². The zero-order valence-electron chi connectivity index (χ0n) is 13.3. The summed E-state index contributed by atoms with van der Waals surface area (Å²) in [6.07, 6.45) is 0. The standard InChI is InChI=1S/C14H17N5O4S/c1-15-12(20)8-3-19(14(21)10-6-24-7-16-10)4-9(8)13-17-11(5-22-2)18-23-13/h6-9H,3-5H2,1-2H3,(H,15,20). The maximum absolute atomic E-state index is 12.5. The summed E-state index contributed by atoms with van der Waals surface area (Å²) in [5, 5.41) is 8.15. The summed E-state index contributed by atoms with van der Waals surface area (Å²) in [7, 11) is 3.10. The van der Waals surface area contributed by atoms with E-state index in [0.29, 0.717) is 24.0 Å². The van der Waals surface area contributed by atoms with Crippen LogP contribution in [-0.4, -0.2) is 59.1 Å². The first-order valence-corrected chi connectivity index (χ1v) is 8.28. The van der Waals surface area contributed by atoms with Crippen molar-refractivity contribution in [2.24, 2.45) is 5.92 Å². The predicted octanol–water partition coefficient (Wildman–Crippen LogP) is 0.274. The molecule has 128 valence electrons. The molecule has 2 aromatic rings. The molecule has 24 heavy (non-hydrogen) atoms. The van der Waals surface area contributed by atoms with Crippen LogP contribution in [0.3, 0.4) is 0 Å². The van der Waals surface area contributed by atoms with Crippen LogP contribution < -0.4 is 5.32 Å². The Labute approximate surface area is 142 Å². The number of carbonyl (C=O) groups excluding carboxylic acids is 2. The highest BCUT2D eigenvalue weighted by atomic mass is 32.1. The van der Waals surface area contributed by atoms with Crippen LogP contribution in [-0.2, 0) is 16.1 Å². The molecule has 10 heteroatoms. The van der Waals surface area contributed by atoms with Gasteiger partial charge in [0.2, 0.25) is 11.8 Å². The van der Waals surface area contributed by atoms with E-state index in [-0.39, 0.29) is 30.9 Å². The average molecular weight is 351 g/mol. The number of nitrogens with one attached hydrogen (secondary N) is 1. The average Bonchev–Trinajstić information content (AvgIpc) is 3.32. The lowest BCUT2D eigenvalue weighted by atomic mass is 9.95. The van der Waals surface area contributed by atoms with E-state index in [1.54, 1.807) is 22.8 Å². The Morgan fingerprint density at radius 1 is 1.50 bits per heavy atom. The lowest BCUT2D eigenvalue weighted by molar-refractivity contribution is -0.124. The van der Waals surface area contributed by atoms with Gasteiger partial charge >= 0.3 is 0 Å². The molecule has 1 saturated heterocycles. The van der Waals surface area contributed by atoms with Gasteiger partial charge in [0.15, 0.2) is 5.82 Å². The van der Waals surface area contributed by atoms with Crippen LogP contribution >= 0.6 is 11.3 Å². The van der Waals surface area contributed by atoms with E-state index in [2.05, 4.69) is 20.4 Å². The Balaban J connectivity index is 1.82. The van der Waals surface area contributed by atoms with Gasteiger partial charge in [-0.25, -0.2) is 4.98 Å². The van der Waals surface area contributed by atoms with Gasteiger partial charge in [0, 0.05) is 32.6 Å². The molecule has 9 nitrogen and oxygen atoms in total. The molecule has 2 amide bonds. The Hall–Kier alpha value is -2.33. The van der Waals surface area contributed by atoms with Gasteiger partial charge in [-0.05, 0) is 0 Å². The molecule has 1 N–H and O–H groups in total. The van der Waals surface area contributed by atoms with Gasteiger partial charge < -0.3 is 19.5 Å². The number of hydrogen-bond acceptors (Lipinski definition) is 8. The van der Waals surface area contributed by atoms with Gasteiger partial charge in [-0.2, -0.15) is 4.98 Å². The third kappa shape index (κ3) is 3.15. The lowest BCUT2D eigenvalue weighted by Crippen LogP contribution is -2.33. The molecule has 2 unspecified atom stereocenters. The first kappa shape index (κ1) is 16.5. The fourth-order valence-corrected chi connectivity index (χ4v) is 3.28. The summed E-state index contributed by atoms with van der Waals surface area (Å²) in [5.41, 5.74) is 1.98. The highest BCUT2D eigenvalue weighted by molar-refractivity contribution is 7.07. The van der Waals surface area contributed by atoms with Crippen LogP contribution in [0.5, 0.6) is 0 Å². The monoisotopic (exact) mass is 351 g/mol. The Morgan fingerprint density at radius 2 is 2.33 bits per heavy atom. The molecule has 1 aliphatic rings. The van der Waals surface area contributed by atoms with Crippen molar-refractivity contribution in [3.63, 3.8) is 0 Å². The summed E-state index contributed by atoms with van der Waals surface area (Å²) >= 11 is 1.35. The van der Waals surface area contributed by atoms with Crippen molar-refractivity contribution in [1.29, 1.82) is 0 Å². The number of rotatable bonds is 5. The summed E-state index contributed by atoms with van der Waals surface area (Å²) in [5.74, 6) is -0.430. The zero-order valence-corrected chi connectivity index (χ0v) is 14.1. The molecule has 1 aliphatic heterocycles. The molecule has 2 aromatic heterocycles. The van der Waals surface area contributed by atoms with Gasteiger partial charge in [-0.3, -0.25) is 9.59 Å². The number of amides is 2. The molecule has 0 aromatic carbocycles. The van der Waals surface area contributed by atoms with E-state index < -0.39 is 5.92 Å². The number of carbonyl (C=O) groups is 2. The molecule has 0 radical (unpaired) electrons. The number of methoxy groups -OCH3 is 1. The largest absolute Gasteiger partial charge is 0.377 e. The second kappa shape index (κ2) is 7.05. The Morgan fingerprint density at radius 3 is 3.00 bits per heavy atom. The first-order chi connectivity index (χ1) is 11.6. The molecule has 1 fully saturated rings. The Bertz CT molecular complexity index is 717. The fourth-order valence-electron chi connectivity index (χ4n) is 2.76. The highest BCUT2D eigenvalue weighted by Crippen LogP contribution is 2.32. The van der Waals surface area contributed by atoms with Gasteiger partial charge in [0.05, 0.1) is 17.3 Å². The highest BCUT2D eigenvalue weighted by Gasteiger charge is 2.43. The predicted molar refractivity (Wildman–Crippen MR) is 83.3 cm³/mol. The van der Waals surface area contributed by atoms with Crippen molar-refractivity contribution < 1.29 is 18.8 Å². The molecule has 3 heterocycles. The molecular formula is C14H17N5O4S. The van der Waals surface area contributed by atoms with Crippen LogP contribution in [0.4, 0.5) is 0 Å². The lowest BCUT2D eigenvalue weighted by Gasteiger charge is -2.14. The van der Waals surface area contributed by atoms with Crippen LogP contribution in [0.2, 0.25) is 0 Å². The third-order valence-electron chi connectivity index (χ3n) is 3.92. The minimum Gasteiger partial charge on any atom is -0.377 e. The summed E-state index contributed by atoms with van der Waals surface area (Å²) < 4.78 is 10.2. The van der Waals surface area contributed by atoms with Gasteiger partial charge in [-0.1, -0.05) is 5.16 Å². The number of aromatic nitrogens is 3. The quantitative estimate of drug-likeness (QED) is 0.823. The van der Waals surface area contributed by atoms with Crippen LogP contribution in [0.15, 0.2) is 15.4 Å². The van der Waals surface area contributed by atoms with E-state index in [9.17, 15) is 9.59 Å². The Kier molecular flexibility index (Phi) is 4.86. The number of nitrogens with zero attached hydrogens (tertiary/aromatic N) is 4. The van der Waals surface area contributed by atoms with Gasteiger partial charge in [-0.15, -0.1) is 11.3 Å². The van der Waals surface area contributed by atoms with E-state index >= 15 is 0 Å². The van der Waals surface area contributed by atoms with E-state index in [1.807, 2.05) is 0 Å². The SMILES string of the molecule is CNC(=O)C1CN(C(=O)c2cscn2)CC1c1nc(COC)no1. The van der Waals surface area contributed by atoms with Crippen molar-refractivity contribution in [3.05, 3.63) is 28.3 Å². The van der Waals surface area contributed by atoms with Crippen molar-refractivity contribution in [3.8, 4) is 0 Å². The second-order valence-corrected chi connectivity index (χ2v) is 6.11. The minimum absolute atomic E-state index is 0.167. The van der Waals surface area contributed by atoms with Crippen LogP contribution in [0, 0.1) is 5.92 Å². The number of thiazole rings is 1. The first-order valence-electron chi connectivity index (χ1n) is 7.34. The smallest absolute Gasteiger partial charge is 0.273 e. The minimum atomic E-state index is -0.451. The second-order valence-electron chi connectivity index (χ2n) is 5.39. The number of hydrogen-bond donors (Lipinski definition) is 1. The topological polar surface area (TPSA) is 110 Å². The maximum atomic E-state index is 12.5. The zero-order chi connectivity index (χ0) is 17.1. The summed E-state index contributed by atoms with van der Waals surface area (Å²) in [6, 6.07) is 0. The maximum Gasteiger partial charge on any atom is 0.273 e. The molecule has 0 aliphatic carbocycles. The van der Waals surface area contributed by atoms with Gasteiger partial charge in [0.25, 0.3) is 5.91 Å². The number of ether oxygens (including phenoxy) is 1. The van der Waals surface area contributed by atoms with Crippen LogP contribution in [0.25, 0.3) is 0 Å². The third-order valence-corrected chi connectivity index (χ3v) is 4.50.